The van der Waals surface area contributed by atoms with E-state index in [1.54, 1.807) is 42.0 Å². The van der Waals surface area contributed by atoms with Crippen molar-refractivity contribution >= 4 is 44.9 Å². The molecule has 0 aliphatic heterocycles. The summed E-state index contributed by atoms with van der Waals surface area (Å²) in [7, 11) is 1.64. The maximum atomic E-state index is 13.1. The Labute approximate surface area is 145 Å². The maximum Gasteiger partial charge on any atom is 0.159 e. The van der Waals surface area contributed by atoms with Crippen molar-refractivity contribution in [2.75, 3.05) is 12.8 Å². The molecule has 3 rings (SSSR count). The number of nitrogens with zero attached hydrogens (tertiary/aromatic N) is 4. The lowest BCUT2D eigenvalue weighted by Gasteiger charge is -2.09. The number of nitrogen functional groups attached to an aromatic ring is 1. The molecule has 4 N–H and O–H groups in total. The highest BCUT2D eigenvalue weighted by Gasteiger charge is 2.13. The maximum absolute atomic E-state index is 13.1. The second-order valence-electron chi connectivity index (χ2n) is 5.00. The van der Waals surface area contributed by atoms with Crippen LogP contribution < -0.4 is 11.5 Å². The minimum Gasteiger partial charge on any atom is -0.398 e. The Bertz CT molecular complexity index is 959. The first-order valence-corrected chi connectivity index (χ1v) is 7.79. The number of aromatic nitrogens is 3. The zero-order valence-corrected chi connectivity index (χ0v) is 14.3. The van der Waals surface area contributed by atoms with Crippen molar-refractivity contribution in [2.24, 2.45) is 10.7 Å². The molecule has 0 unspecified atom stereocenters. The van der Waals surface area contributed by atoms with Crippen molar-refractivity contribution in [1.82, 2.24) is 14.6 Å². The topological polar surface area (TPSA) is 94.6 Å². The van der Waals surface area contributed by atoms with E-state index in [9.17, 15) is 4.39 Å². The van der Waals surface area contributed by atoms with Gasteiger partial charge in [-0.05, 0) is 57.9 Å². The summed E-state index contributed by atoms with van der Waals surface area (Å²) in [6.07, 6.45) is 1.61. The number of imidazole rings is 1. The van der Waals surface area contributed by atoms with E-state index in [0.717, 1.165) is 0 Å². The Morgan fingerprint density at radius 1 is 1.25 bits per heavy atom. The monoisotopic (exact) mass is 388 g/mol. The van der Waals surface area contributed by atoms with Gasteiger partial charge in [-0.3, -0.25) is 4.99 Å². The summed E-state index contributed by atoms with van der Waals surface area (Å²) in [6, 6.07) is 9.49. The number of hydrogen-bond donors (Lipinski definition) is 2. The van der Waals surface area contributed by atoms with Gasteiger partial charge in [-0.15, -0.1) is 0 Å². The lowest BCUT2D eigenvalue weighted by molar-refractivity contribution is 0.627. The first kappa shape index (κ1) is 16.1. The van der Waals surface area contributed by atoms with Gasteiger partial charge in [0.2, 0.25) is 0 Å². The number of nitrogens with two attached hydrogens (primary N) is 2. The third-order valence-corrected chi connectivity index (χ3v) is 4.17. The molecule has 0 aliphatic rings. The van der Waals surface area contributed by atoms with E-state index in [-0.39, 0.29) is 5.82 Å². The Morgan fingerprint density at radius 3 is 2.62 bits per heavy atom. The lowest BCUT2D eigenvalue weighted by Crippen LogP contribution is -2.06. The summed E-state index contributed by atoms with van der Waals surface area (Å²) >= 11 is 3.35. The highest BCUT2D eigenvalue weighted by molar-refractivity contribution is 9.10. The van der Waals surface area contributed by atoms with E-state index in [1.807, 2.05) is 0 Å². The van der Waals surface area contributed by atoms with Gasteiger partial charge in [0.05, 0.1) is 5.69 Å². The van der Waals surface area contributed by atoms with E-state index >= 15 is 0 Å². The molecule has 0 aliphatic carbocycles. The van der Waals surface area contributed by atoms with Gasteiger partial charge >= 0.3 is 0 Å². The first-order valence-electron chi connectivity index (χ1n) is 7.00. The standard InChI is InChI=1S/C16H14BrFN6/c1-21-8-11(14(19)9-2-4-10(18)5-3-9)12-6-7-13-22-16(20)15(17)24(13)23-12/h2-8H,19-20H2,1H3. The molecule has 0 radical (unpaired) electrons. The fourth-order valence-electron chi connectivity index (χ4n) is 2.25. The summed E-state index contributed by atoms with van der Waals surface area (Å²) in [4.78, 5) is 8.23. The van der Waals surface area contributed by atoms with Crippen LogP contribution in [-0.2, 0) is 0 Å². The molecule has 0 amide bonds. The third-order valence-electron chi connectivity index (χ3n) is 3.43. The van der Waals surface area contributed by atoms with Crippen molar-refractivity contribution in [1.29, 1.82) is 0 Å². The number of rotatable bonds is 3. The van der Waals surface area contributed by atoms with Crippen LogP contribution in [0.2, 0.25) is 0 Å². The quantitative estimate of drug-likeness (QED) is 0.674. The third kappa shape index (κ3) is 2.88. The van der Waals surface area contributed by atoms with Crippen LogP contribution in [0.3, 0.4) is 0 Å². The molecule has 6 nitrogen and oxygen atoms in total. The number of hydrogen-bond acceptors (Lipinski definition) is 5. The molecule has 0 atom stereocenters. The molecule has 2 heterocycles. The van der Waals surface area contributed by atoms with E-state index in [4.69, 9.17) is 11.5 Å². The Balaban J connectivity index is 2.19. The number of aliphatic imine (C=N–C) groups is 1. The van der Waals surface area contributed by atoms with Crippen LogP contribution in [0.15, 0.2) is 46.0 Å². The fourth-order valence-corrected chi connectivity index (χ4v) is 2.60. The molecule has 122 valence electrons. The van der Waals surface area contributed by atoms with E-state index < -0.39 is 0 Å². The average molecular weight is 389 g/mol. The van der Waals surface area contributed by atoms with Crippen molar-refractivity contribution in [3.05, 3.63) is 58.1 Å². The van der Waals surface area contributed by atoms with Crippen LogP contribution in [-0.4, -0.2) is 27.9 Å². The Morgan fingerprint density at radius 2 is 1.96 bits per heavy atom. The van der Waals surface area contributed by atoms with Gasteiger partial charge in [-0.1, -0.05) is 0 Å². The van der Waals surface area contributed by atoms with Gasteiger partial charge in [0, 0.05) is 24.5 Å². The van der Waals surface area contributed by atoms with Gasteiger partial charge in [-0.25, -0.2) is 13.9 Å². The number of allylic oxidation sites excluding steroid dienone is 1. The summed E-state index contributed by atoms with van der Waals surface area (Å²) in [6.45, 7) is 0. The van der Waals surface area contributed by atoms with Gasteiger partial charge < -0.3 is 11.5 Å². The summed E-state index contributed by atoms with van der Waals surface area (Å²) in [5.41, 5.74) is 15.0. The highest BCUT2D eigenvalue weighted by Crippen LogP contribution is 2.24. The smallest absolute Gasteiger partial charge is 0.159 e. The molecule has 1 aromatic carbocycles. The van der Waals surface area contributed by atoms with Crippen molar-refractivity contribution < 1.29 is 4.39 Å². The van der Waals surface area contributed by atoms with Gasteiger partial charge in [0.15, 0.2) is 16.1 Å². The molecule has 3 aromatic rings. The highest BCUT2D eigenvalue weighted by atomic mass is 79.9. The second-order valence-corrected chi connectivity index (χ2v) is 5.75. The van der Waals surface area contributed by atoms with Crippen LogP contribution in [0.1, 0.15) is 11.3 Å². The predicted octanol–water partition coefficient (Wildman–Crippen LogP) is 2.74. The number of benzene rings is 1. The van der Waals surface area contributed by atoms with E-state index in [2.05, 4.69) is 31.0 Å². The number of fused-ring (bicyclic) bond motifs is 1. The van der Waals surface area contributed by atoms with E-state index in [0.29, 0.717) is 38.6 Å². The second kappa shape index (κ2) is 6.40. The number of halogens is 2. The molecule has 0 fully saturated rings. The SMILES string of the molecule is CN=CC(=C(N)c1ccc(F)cc1)c1ccc2nc(N)c(Br)n2n1. The van der Waals surface area contributed by atoms with Crippen LogP contribution in [0.4, 0.5) is 10.2 Å². The summed E-state index contributed by atoms with van der Waals surface area (Å²) < 4.78 is 15.3. The van der Waals surface area contributed by atoms with E-state index in [1.165, 1.54) is 12.1 Å². The molecule has 24 heavy (non-hydrogen) atoms. The zero-order chi connectivity index (χ0) is 17.3. The molecule has 0 saturated carbocycles. The lowest BCUT2D eigenvalue weighted by atomic mass is 10.0. The largest absolute Gasteiger partial charge is 0.398 e. The molecular weight excluding hydrogens is 375 g/mol. The zero-order valence-electron chi connectivity index (χ0n) is 12.7. The van der Waals surface area contributed by atoms with Gasteiger partial charge in [0.25, 0.3) is 0 Å². The minimum atomic E-state index is -0.324. The fraction of sp³-hybridized carbons (Fsp3) is 0.0625. The summed E-state index contributed by atoms with van der Waals surface area (Å²) in [5.74, 6) is 0.0236. The van der Waals surface area contributed by atoms with Crippen LogP contribution in [0.5, 0.6) is 0 Å². The number of anilines is 1. The Kier molecular flexibility index (Phi) is 4.30. The van der Waals surface area contributed by atoms with Gasteiger partial charge in [0.1, 0.15) is 5.82 Å². The van der Waals surface area contributed by atoms with Crippen molar-refractivity contribution in [2.45, 2.75) is 0 Å². The molecule has 2 aromatic heterocycles. The first-order chi connectivity index (χ1) is 11.5. The molecule has 8 heteroatoms. The molecular formula is C16H14BrFN6. The minimum absolute atomic E-state index is 0.324. The van der Waals surface area contributed by atoms with Crippen molar-refractivity contribution in [3.8, 4) is 0 Å². The normalized spacial score (nSPS) is 12.8. The summed E-state index contributed by atoms with van der Waals surface area (Å²) in [5, 5.41) is 4.50. The van der Waals surface area contributed by atoms with Crippen LogP contribution >= 0.6 is 15.9 Å². The molecule has 0 spiro atoms. The van der Waals surface area contributed by atoms with Crippen LogP contribution in [0.25, 0.3) is 16.9 Å². The molecule has 0 bridgehead atoms. The molecule has 0 saturated heterocycles. The van der Waals surface area contributed by atoms with Crippen molar-refractivity contribution in [3.63, 3.8) is 0 Å². The average Bonchev–Trinajstić information content (AvgIpc) is 2.87. The Hall–Kier alpha value is -2.74. The van der Waals surface area contributed by atoms with Gasteiger partial charge in [-0.2, -0.15) is 5.10 Å². The predicted molar refractivity (Wildman–Crippen MR) is 96.9 cm³/mol. The van der Waals surface area contributed by atoms with Crippen LogP contribution in [0, 0.1) is 5.82 Å².